The van der Waals surface area contributed by atoms with Gasteiger partial charge in [-0.1, -0.05) is 6.07 Å². The van der Waals surface area contributed by atoms with Gasteiger partial charge in [0, 0.05) is 15.7 Å². The van der Waals surface area contributed by atoms with Crippen molar-refractivity contribution in [2.24, 2.45) is 0 Å². The van der Waals surface area contributed by atoms with E-state index in [1.807, 2.05) is 18.2 Å². The van der Waals surface area contributed by atoms with Crippen LogP contribution in [0.3, 0.4) is 0 Å². The van der Waals surface area contributed by atoms with Crippen molar-refractivity contribution in [1.82, 2.24) is 4.90 Å². The third kappa shape index (κ3) is 2.97. The SMILES string of the molecule is O=C(c1cccc(I)c1)N1CCOCC1CO. The predicted molar refractivity (Wildman–Crippen MR) is 71.9 cm³/mol. The molecular formula is C12H14INO3. The average molecular weight is 347 g/mol. The number of rotatable bonds is 2. The van der Waals surface area contributed by atoms with E-state index in [0.717, 1.165) is 3.57 Å². The highest BCUT2D eigenvalue weighted by Crippen LogP contribution is 2.14. The Kier molecular flexibility index (Phi) is 4.36. The number of ether oxygens (including phenoxy) is 1. The lowest BCUT2D eigenvalue weighted by Gasteiger charge is -2.34. The van der Waals surface area contributed by atoms with Crippen LogP contribution in [0.5, 0.6) is 0 Å². The number of aliphatic hydroxyl groups is 1. The Hall–Kier alpha value is -0.660. The molecule has 0 radical (unpaired) electrons. The number of halogens is 1. The van der Waals surface area contributed by atoms with Crippen molar-refractivity contribution in [3.05, 3.63) is 33.4 Å². The first kappa shape index (κ1) is 12.8. The third-order valence-electron chi connectivity index (χ3n) is 2.77. The maximum absolute atomic E-state index is 12.3. The van der Waals surface area contributed by atoms with E-state index in [2.05, 4.69) is 22.6 Å². The third-order valence-corrected chi connectivity index (χ3v) is 3.44. The van der Waals surface area contributed by atoms with E-state index in [0.29, 0.717) is 25.3 Å². The Morgan fingerprint density at radius 1 is 1.59 bits per heavy atom. The first-order valence-electron chi connectivity index (χ1n) is 5.47. The minimum absolute atomic E-state index is 0.0362. The number of benzene rings is 1. The second kappa shape index (κ2) is 5.79. The minimum Gasteiger partial charge on any atom is -0.394 e. The van der Waals surface area contributed by atoms with Gasteiger partial charge in [0.15, 0.2) is 0 Å². The molecule has 0 aromatic heterocycles. The predicted octanol–water partition coefficient (Wildman–Crippen LogP) is 1.12. The lowest BCUT2D eigenvalue weighted by Crippen LogP contribution is -2.50. The number of nitrogens with zero attached hydrogens (tertiary/aromatic N) is 1. The zero-order valence-electron chi connectivity index (χ0n) is 9.30. The zero-order valence-corrected chi connectivity index (χ0v) is 11.5. The smallest absolute Gasteiger partial charge is 0.254 e. The van der Waals surface area contributed by atoms with Crippen LogP contribution in [0.25, 0.3) is 0 Å². The van der Waals surface area contributed by atoms with E-state index in [1.165, 1.54) is 0 Å². The number of hydrogen-bond acceptors (Lipinski definition) is 3. The summed E-state index contributed by atoms with van der Waals surface area (Å²) >= 11 is 2.18. The Bertz CT molecular complexity index is 410. The molecule has 1 unspecified atom stereocenters. The van der Waals surface area contributed by atoms with Crippen LogP contribution in [0.4, 0.5) is 0 Å². The lowest BCUT2D eigenvalue weighted by molar-refractivity contribution is -0.0183. The standard InChI is InChI=1S/C12H14INO3/c13-10-3-1-2-9(6-10)12(16)14-4-5-17-8-11(14)7-15/h1-3,6,11,15H,4-5,7-8H2. The quantitative estimate of drug-likeness (QED) is 0.816. The molecule has 0 saturated carbocycles. The van der Waals surface area contributed by atoms with Gasteiger partial charge in [0.25, 0.3) is 5.91 Å². The Morgan fingerprint density at radius 2 is 2.41 bits per heavy atom. The summed E-state index contributed by atoms with van der Waals surface area (Å²) in [5, 5.41) is 9.24. The van der Waals surface area contributed by atoms with Gasteiger partial charge in [-0.15, -0.1) is 0 Å². The number of amides is 1. The number of aliphatic hydroxyl groups excluding tert-OH is 1. The second-order valence-corrected chi connectivity index (χ2v) is 5.17. The molecule has 1 amide bonds. The van der Waals surface area contributed by atoms with Crippen molar-refractivity contribution in [2.45, 2.75) is 6.04 Å². The van der Waals surface area contributed by atoms with Crippen LogP contribution < -0.4 is 0 Å². The van der Waals surface area contributed by atoms with E-state index >= 15 is 0 Å². The number of carbonyl (C=O) groups is 1. The number of hydrogen-bond donors (Lipinski definition) is 1. The van der Waals surface area contributed by atoms with Crippen molar-refractivity contribution in [1.29, 1.82) is 0 Å². The maximum Gasteiger partial charge on any atom is 0.254 e. The van der Waals surface area contributed by atoms with E-state index in [9.17, 15) is 9.90 Å². The molecule has 0 spiro atoms. The van der Waals surface area contributed by atoms with E-state index in [-0.39, 0.29) is 18.6 Å². The van der Waals surface area contributed by atoms with Crippen molar-refractivity contribution < 1.29 is 14.6 Å². The number of morpholine rings is 1. The molecule has 1 aliphatic rings. The highest BCUT2D eigenvalue weighted by molar-refractivity contribution is 14.1. The summed E-state index contributed by atoms with van der Waals surface area (Å²) < 4.78 is 6.29. The van der Waals surface area contributed by atoms with Crippen LogP contribution in [0.1, 0.15) is 10.4 Å². The lowest BCUT2D eigenvalue weighted by atomic mass is 10.1. The molecule has 0 bridgehead atoms. The molecule has 17 heavy (non-hydrogen) atoms. The first-order chi connectivity index (χ1) is 8.22. The molecule has 5 heteroatoms. The van der Waals surface area contributed by atoms with E-state index in [1.54, 1.807) is 11.0 Å². The summed E-state index contributed by atoms with van der Waals surface area (Å²) in [4.78, 5) is 14.0. The molecule has 1 heterocycles. The largest absolute Gasteiger partial charge is 0.394 e. The van der Waals surface area contributed by atoms with Crippen LogP contribution >= 0.6 is 22.6 Å². The Balaban J connectivity index is 2.18. The van der Waals surface area contributed by atoms with E-state index in [4.69, 9.17) is 4.74 Å². The molecule has 0 aliphatic carbocycles. The summed E-state index contributed by atoms with van der Waals surface area (Å²) in [7, 11) is 0. The molecule has 1 N–H and O–H groups in total. The van der Waals surface area contributed by atoms with Gasteiger partial charge in [0.2, 0.25) is 0 Å². The Morgan fingerprint density at radius 3 is 3.12 bits per heavy atom. The van der Waals surface area contributed by atoms with Gasteiger partial charge < -0.3 is 14.7 Å². The molecule has 4 nitrogen and oxygen atoms in total. The van der Waals surface area contributed by atoms with Gasteiger partial charge in [-0.3, -0.25) is 4.79 Å². The number of carbonyl (C=O) groups excluding carboxylic acids is 1. The van der Waals surface area contributed by atoms with Gasteiger partial charge >= 0.3 is 0 Å². The van der Waals surface area contributed by atoms with Crippen molar-refractivity contribution in [3.8, 4) is 0 Å². The summed E-state index contributed by atoms with van der Waals surface area (Å²) in [6.07, 6.45) is 0. The Labute approximate surface area is 114 Å². The van der Waals surface area contributed by atoms with Gasteiger partial charge in [-0.05, 0) is 40.8 Å². The van der Waals surface area contributed by atoms with Crippen molar-refractivity contribution in [3.63, 3.8) is 0 Å². The average Bonchev–Trinajstić information content (AvgIpc) is 2.38. The van der Waals surface area contributed by atoms with Crippen LogP contribution in [-0.4, -0.2) is 48.3 Å². The molecule has 1 aromatic carbocycles. The molecule has 1 saturated heterocycles. The molecular weight excluding hydrogens is 333 g/mol. The van der Waals surface area contributed by atoms with Gasteiger partial charge in [0.1, 0.15) is 0 Å². The molecule has 92 valence electrons. The van der Waals surface area contributed by atoms with Gasteiger partial charge in [-0.25, -0.2) is 0 Å². The maximum atomic E-state index is 12.3. The fourth-order valence-corrected chi connectivity index (χ4v) is 2.40. The van der Waals surface area contributed by atoms with Crippen LogP contribution in [-0.2, 0) is 4.74 Å². The minimum atomic E-state index is -0.228. The summed E-state index contributed by atoms with van der Waals surface area (Å²) in [6, 6.07) is 7.24. The fraction of sp³-hybridized carbons (Fsp3) is 0.417. The van der Waals surface area contributed by atoms with Crippen molar-refractivity contribution in [2.75, 3.05) is 26.4 Å². The normalized spacial score (nSPS) is 20.4. The highest BCUT2D eigenvalue weighted by atomic mass is 127. The molecule has 1 aromatic rings. The van der Waals surface area contributed by atoms with Crippen molar-refractivity contribution >= 4 is 28.5 Å². The van der Waals surface area contributed by atoms with Crippen LogP contribution in [0.2, 0.25) is 0 Å². The second-order valence-electron chi connectivity index (χ2n) is 3.92. The zero-order chi connectivity index (χ0) is 12.3. The molecule has 1 atom stereocenters. The van der Waals surface area contributed by atoms with E-state index < -0.39 is 0 Å². The topological polar surface area (TPSA) is 49.8 Å². The summed E-state index contributed by atoms with van der Waals surface area (Å²) in [5.74, 6) is -0.0362. The van der Waals surface area contributed by atoms with Gasteiger partial charge in [-0.2, -0.15) is 0 Å². The summed E-state index contributed by atoms with van der Waals surface area (Å²) in [6.45, 7) is 1.42. The van der Waals surface area contributed by atoms with Crippen LogP contribution in [0.15, 0.2) is 24.3 Å². The first-order valence-corrected chi connectivity index (χ1v) is 6.55. The molecule has 2 rings (SSSR count). The summed E-state index contributed by atoms with van der Waals surface area (Å²) in [5.41, 5.74) is 0.664. The highest BCUT2D eigenvalue weighted by Gasteiger charge is 2.27. The molecule has 1 fully saturated rings. The monoisotopic (exact) mass is 347 g/mol. The van der Waals surface area contributed by atoms with Gasteiger partial charge in [0.05, 0.1) is 25.9 Å². The molecule has 1 aliphatic heterocycles. The van der Waals surface area contributed by atoms with Crippen LogP contribution in [0, 0.1) is 3.57 Å². The fourth-order valence-electron chi connectivity index (χ4n) is 1.86.